The Hall–Kier alpha value is -0.590. The standard InChI is InChI=1S/C14H20Cl2FNO3/c1-9(2)21-4-3-20-8-11(19)7-18-10-5-12(15)14(17)13(16)6-10/h5-6,9,11,18-19H,3-4,7-8H2,1-2H3. The molecule has 0 aliphatic carbocycles. The number of rotatable bonds is 9. The molecule has 0 amide bonds. The molecule has 0 spiro atoms. The summed E-state index contributed by atoms with van der Waals surface area (Å²) in [4.78, 5) is 0. The van der Waals surface area contributed by atoms with Crippen LogP contribution < -0.4 is 5.32 Å². The van der Waals surface area contributed by atoms with Crippen molar-refractivity contribution in [2.24, 2.45) is 0 Å². The summed E-state index contributed by atoms with van der Waals surface area (Å²) >= 11 is 11.4. The average molecular weight is 340 g/mol. The highest BCUT2D eigenvalue weighted by Gasteiger charge is 2.09. The Morgan fingerprint density at radius 1 is 1.24 bits per heavy atom. The minimum Gasteiger partial charge on any atom is -0.389 e. The molecule has 1 rings (SSSR count). The zero-order valence-electron chi connectivity index (χ0n) is 12.0. The number of hydrogen-bond acceptors (Lipinski definition) is 4. The highest BCUT2D eigenvalue weighted by Crippen LogP contribution is 2.27. The Labute approximate surface area is 134 Å². The predicted octanol–water partition coefficient (Wildman–Crippen LogP) is 3.35. The first-order chi connectivity index (χ1) is 9.90. The number of ether oxygens (including phenoxy) is 2. The SMILES string of the molecule is CC(C)OCCOCC(O)CNc1cc(Cl)c(F)c(Cl)c1. The molecular formula is C14H20Cl2FNO3. The van der Waals surface area contributed by atoms with Crippen molar-refractivity contribution in [3.63, 3.8) is 0 Å². The third kappa shape index (κ3) is 7.29. The Bertz CT molecular complexity index is 423. The molecule has 0 heterocycles. The van der Waals surface area contributed by atoms with Gasteiger partial charge in [-0.1, -0.05) is 23.2 Å². The number of aliphatic hydroxyl groups is 1. The highest BCUT2D eigenvalue weighted by molar-refractivity contribution is 6.35. The predicted molar refractivity (Wildman–Crippen MR) is 82.8 cm³/mol. The lowest BCUT2D eigenvalue weighted by Gasteiger charge is -2.14. The lowest BCUT2D eigenvalue weighted by Crippen LogP contribution is -2.26. The normalized spacial score (nSPS) is 12.7. The fourth-order valence-electron chi connectivity index (χ4n) is 1.51. The van der Waals surface area contributed by atoms with E-state index in [0.717, 1.165) is 0 Å². The van der Waals surface area contributed by atoms with E-state index in [1.807, 2.05) is 13.8 Å². The third-order valence-corrected chi connectivity index (χ3v) is 3.06. The van der Waals surface area contributed by atoms with Gasteiger partial charge in [-0.15, -0.1) is 0 Å². The van der Waals surface area contributed by atoms with E-state index in [1.54, 1.807) is 0 Å². The highest BCUT2D eigenvalue weighted by atomic mass is 35.5. The number of aliphatic hydroxyl groups excluding tert-OH is 1. The summed E-state index contributed by atoms with van der Waals surface area (Å²) in [5, 5.41) is 12.5. The van der Waals surface area contributed by atoms with Crippen molar-refractivity contribution in [2.45, 2.75) is 26.1 Å². The molecule has 0 aromatic heterocycles. The van der Waals surface area contributed by atoms with Crippen molar-refractivity contribution < 1.29 is 19.0 Å². The Morgan fingerprint density at radius 3 is 2.43 bits per heavy atom. The van der Waals surface area contributed by atoms with Gasteiger partial charge in [0.25, 0.3) is 0 Å². The van der Waals surface area contributed by atoms with Crippen molar-refractivity contribution >= 4 is 28.9 Å². The van der Waals surface area contributed by atoms with Gasteiger partial charge in [0.2, 0.25) is 0 Å². The first-order valence-electron chi connectivity index (χ1n) is 6.66. The van der Waals surface area contributed by atoms with Crippen molar-refractivity contribution in [3.05, 3.63) is 28.0 Å². The number of hydrogen-bond donors (Lipinski definition) is 2. The van der Waals surface area contributed by atoms with Crippen LogP contribution >= 0.6 is 23.2 Å². The van der Waals surface area contributed by atoms with E-state index in [0.29, 0.717) is 18.9 Å². The van der Waals surface area contributed by atoms with Crippen LogP contribution in [0.3, 0.4) is 0 Å². The average Bonchev–Trinajstić information content (AvgIpc) is 2.41. The van der Waals surface area contributed by atoms with Gasteiger partial charge in [-0.2, -0.15) is 0 Å². The zero-order valence-corrected chi connectivity index (χ0v) is 13.5. The summed E-state index contributed by atoms with van der Waals surface area (Å²) in [6.07, 6.45) is -0.542. The van der Waals surface area contributed by atoms with Crippen LogP contribution in [0.2, 0.25) is 10.0 Å². The number of nitrogens with one attached hydrogen (secondary N) is 1. The van der Waals surface area contributed by atoms with E-state index in [-0.39, 0.29) is 29.3 Å². The minimum absolute atomic E-state index is 0.0680. The van der Waals surface area contributed by atoms with Crippen molar-refractivity contribution in [3.8, 4) is 0 Å². The van der Waals surface area contributed by atoms with Gasteiger partial charge in [0.1, 0.15) is 0 Å². The Kier molecular flexibility index (Phi) is 8.29. The van der Waals surface area contributed by atoms with E-state index in [1.165, 1.54) is 12.1 Å². The molecule has 4 nitrogen and oxygen atoms in total. The Morgan fingerprint density at radius 2 is 1.86 bits per heavy atom. The number of benzene rings is 1. The van der Waals surface area contributed by atoms with Crippen LogP contribution in [-0.2, 0) is 9.47 Å². The molecule has 0 saturated carbocycles. The maximum absolute atomic E-state index is 13.2. The summed E-state index contributed by atoms with van der Waals surface area (Å²) in [6.45, 7) is 5.21. The lowest BCUT2D eigenvalue weighted by atomic mass is 10.3. The van der Waals surface area contributed by atoms with Crippen molar-refractivity contribution in [2.75, 3.05) is 31.7 Å². The van der Waals surface area contributed by atoms with Gasteiger partial charge >= 0.3 is 0 Å². The number of anilines is 1. The van der Waals surface area contributed by atoms with Crippen LogP contribution in [0.1, 0.15) is 13.8 Å². The van der Waals surface area contributed by atoms with Crippen LogP contribution in [-0.4, -0.2) is 43.7 Å². The topological polar surface area (TPSA) is 50.7 Å². The zero-order chi connectivity index (χ0) is 15.8. The van der Waals surface area contributed by atoms with Gasteiger partial charge in [0.15, 0.2) is 5.82 Å². The van der Waals surface area contributed by atoms with Crippen molar-refractivity contribution in [1.29, 1.82) is 0 Å². The first kappa shape index (κ1) is 18.5. The van der Waals surface area contributed by atoms with Gasteiger partial charge < -0.3 is 19.9 Å². The summed E-state index contributed by atoms with van der Waals surface area (Å²) in [7, 11) is 0. The van der Waals surface area contributed by atoms with Crippen molar-refractivity contribution in [1.82, 2.24) is 0 Å². The fraction of sp³-hybridized carbons (Fsp3) is 0.571. The second-order valence-electron chi connectivity index (χ2n) is 4.78. The second-order valence-corrected chi connectivity index (χ2v) is 5.60. The van der Waals surface area contributed by atoms with Crippen LogP contribution in [0.15, 0.2) is 12.1 Å². The van der Waals surface area contributed by atoms with Crippen LogP contribution in [0.5, 0.6) is 0 Å². The molecule has 1 unspecified atom stereocenters. The van der Waals surface area contributed by atoms with Crippen LogP contribution in [0.4, 0.5) is 10.1 Å². The molecule has 0 aliphatic rings. The van der Waals surface area contributed by atoms with Crippen LogP contribution in [0.25, 0.3) is 0 Å². The molecule has 7 heteroatoms. The van der Waals surface area contributed by atoms with Gasteiger partial charge in [0.05, 0.1) is 42.1 Å². The molecule has 0 bridgehead atoms. The van der Waals surface area contributed by atoms with Gasteiger partial charge in [0, 0.05) is 12.2 Å². The second kappa shape index (κ2) is 9.43. The molecule has 0 fully saturated rings. The molecule has 1 aromatic rings. The summed E-state index contributed by atoms with van der Waals surface area (Å²) in [6, 6.07) is 2.82. The first-order valence-corrected chi connectivity index (χ1v) is 7.41. The molecule has 0 radical (unpaired) electrons. The quantitative estimate of drug-likeness (QED) is 0.535. The molecule has 1 aromatic carbocycles. The molecule has 1 atom stereocenters. The largest absolute Gasteiger partial charge is 0.389 e. The third-order valence-electron chi connectivity index (χ3n) is 2.51. The maximum Gasteiger partial charge on any atom is 0.160 e. The van der Waals surface area contributed by atoms with E-state index >= 15 is 0 Å². The van der Waals surface area contributed by atoms with Gasteiger partial charge in [-0.25, -0.2) is 4.39 Å². The maximum atomic E-state index is 13.2. The fourth-order valence-corrected chi connectivity index (χ4v) is 2.00. The lowest BCUT2D eigenvalue weighted by molar-refractivity contribution is -0.00734. The Balaban J connectivity index is 2.25. The summed E-state index contributed by atoms with van der Waals surface area (Å²) < 4.78 is 23.8. The molecule has 21 heavy (non-hydrogen) atoms. The molecule has 0 aliphatic heterocycles. The molecule has 0 saturated heterocycles. The monoisotopic (exact) mass is 339 g/mol. The van der Waals surface area contributed by atoms with Gasteiger partial charge in [-0.3, -0.25) is 0 Å². The minimum atomic E-state index is -0.702. The van der Waals surface area contributed by atoms with E-state index in [2.05, 4.69) is 5.32 Å². The van der Waals surface area contributed by atoms with Crippen LogP contribution in [0, 0.1) is 5.82 Å². The molecular weight excluding hydrogens is 320 g/mol. The molecule has 120 valence electrons. The van der Waals surface area contributed by atoms with E-state index in [4.69, 9.17) is 32.7 Å². The summed E-state index contributed by atoms with van der Waals surface area (Å²) in [5.41, 5.74) is 0.536. The van der Waals surface area contributed by atoms with E-state index < -0.39 is 11.9 Å². The summed E-state index contributed by atoms with van der Waals surface area (Å²) in [5.74, 6) is -0.655. The van der Waals surface area contributed by atoms with Gasteiger partial charge in [-0.05, 0) is 26.0 Å². The molecule has 2 N–H and O–H groups in total. The number of halogens is 3. The van der Waals surface area contributed by atoms with E-state index in [9.17, 15) is 9.50 Å². The smallest absolute Gasteiger partial charge is 0.160 e.